The lowest BCUT2D eigenvalue weighted by molar-refractivity contribution is 0.286. The van der Waals surface area contributed by atoms with E-state index < -0.39 is 8.07 Å². The quantitative estimate of drug-likeness (QED) is 0.650. The monoisotopic (exact) mass is 201 g/mol. The molecule has 1 nitrogen and oxygen atoms in total. The van der Waals surface area contributed by atoms with Gasteiger partial charge in [-0.25, -0.2) is 0 Å². The molecule has 0 aliphatic rings. The van der Waals surface area contributed by atoms with Gasteiger partial charge in [0.2, 0.25) is 0 Å². The van der Waals surface area contributed by atoms with Gasteiger partial charge in [-0.15, -0.1) is 0 Å². The van der Waals surface area contributed by atoms with E-state index in [1.54, 1.807) is 0 Å². The summed E-state index contributed by atoms with van der Waals surface area (Å²) in [5.41, 5.74) is 0.569. The minimum atomic E-state index is -0.912. The molecule has 0 saturated carbocycles. The van der Waals surface area contributed by atoms with Crippen molar-refractivity contribution >= 4 is 8.07 Å². The molecule has 0 aromatic rings. The summed E-state index contributed by atoms with van der Waals surface area (Å²) in [5.74, 6) is 0. The summed E-state index contributed by atoms with van der Waals surface area (Å²) in [5, 5.41) is 3.36. The number of hydrogen-bond acceptors (Lipinski definition) is 1. The van der Waals surface area contributed by atoms with Crippen molar-refractivity contribution in [2.75, 3.05) is 13.6 Å². The van der Waals surface area contributed by atoms with Crippen LogP contribution in [0.2, 0.25) is 25.7 Å². The molecule has 0 amide bonds. The molecule has 0 spiro atoms. The van der Waals surface area contributed by atoms with Crippen LogP contribution in [-0.2, 0) is 0 Å². The molecular formula is C11H27NSi. The van der Waals surface area contributed by atoms with E-state index in [2.05, 4.69) is 45.9 Å². The van der Waals surface area contributed by atoms with Gasteiger partial charge in [0, 0.05) is 14.6 Å². The van der Waals surface area contributed by atoms with Crippen LogP contribution < -0.4 is 5.32 Å². The third-order valence-corrected chi connectivity index (χ3v) is 4.77. The van der Waals surface area contributed by atoms with Gasteiger partial charge in [0.1, 0.15) is 0 Å². The van der Waals surface area contributed by atoms with E-state index in [4.69, 9.17) is 0 Å². The summed E-state index contributed by atoms with van der Waals surface area (Å²) in [6.07, 6.45) is 2.63. The summed E-state index contributed by atoms with van der Waals surface area (Å²) in [6.45, 7) is 13.3. The highest BCUT2D eigenvalue weighted by Gasteiger charge is 2.31. The Balaban J connectivity index is 4.38. The molecule has 0 aromatic carbocycles. The zero-order chi connectivity index (χ0) is 10.5. The van der Waals surface area contributed by atoms with Crippen molar-refractivity contribution in [3.8, 4) is 0 Å². The lowest BCUT2D eigenvalue weighted by Gasteiger charge is -2.36. The Hall–Kier alpha value is 0.177. The van der Waals surface area contributed by atoms with Gasteiger partial charge in [-0.3, -0.25) is 0 Å². The molecule has 0 aliphatic heterocycles. The normalized spacial score (nSPS) is 13.4. The Morgan fingerprint density at radius 2 is 1.54 bits per heavy atom. The summed E-state index contributed by atoms with van der Waals surface area (Å²) in [7, 11) is 1.16. The van der Waals surface area contributed by atoms with E-state index in [1.165, 1.54) is 25.4 Å². The molecule has 0 atom stereocenters. The predicted octanol–water partition coefficient (Wildman–Crippen LogP) is 3.35. The highest BCUT2D eigenvalue weighted by atomic mass is 28.3. The summed E-state index contributed by atoms with van der Waals surface area (Å²) < 4.78 is 0. The van der Waals surface area contributed by atoms with Crippen molar-refractivity contribution in [3.63, 3.8) is 0 Å². The average Bonchev–Trinajstić information content (AvgIpc) is 2.01. The number of nitrogens with one attached hydrogen (secondary N) is 1. The van der Waals surface area contributed by atoms with Gasteiger partial charge in [0.25, 0.3) is 0 Å². The zero-order valence-corrected chi connectivity index (χ0v) is 11.3. The lowest BCUT2D eigenvalue weighted by atomic mass is 9.84. The SMILES string of the molecule is CCC(CC)(CNC)C[Si](C)(C)C. The first-order valence-electron chi connectivity index (χ1n) is 5.54. The van der Waals surface area contributed by atoms with Crippen LogP contribution in [0.3, 0.4) is 0 Å². The Morgan fingerprint density at radius 3 is 1.77 bits per heavy atom. The second kappa shape index (κ2) is 5.16. The molecule has 80 valence electrons. The fourth-order valence-corrected chi connectivity index (χ4v) is 5.19. The predicted molar refractivity (Wildman–Crippen MR) is 65.1 cm³/mol. The maximum Gasteiger partial charge on any atom is 0.0448 e. The molecule has 0 radical (unpaired) electrons. The molecule has 0 rings (SSSR count). The van der Waals surface area contributed by atoms with Crippen molar-refractivity contribution in [2.24, 2.45) is 5.41 Å². The Kier molecular flexibility index (Phi) is 5.23. The van der Waals surface area contributed by atoms with Gasteiger partial charge < -0.3 is 5.32 Å². The summed E-state index contributed by atoms with van der Waals surface area (Å²) >= 11 is 0. The fraction of sp³-hybridized carbons (Fsp3) is 1.00. The van der Waals surface area contributed by atoms with Crippen LogP contribution >= 0.6 is 0 Å². The third kappa shape index (κ3) is 4.82. The summed E-state index contributed by atoms with van der Waals surface area (Å²) in [6, 6.07) is 1.45. The molecule has 0 unspecified atom stereocenters. The van der Waals surface area contributed by atoms with E-state index >= 15 is 0 Å². The van der Waals surface area contributed by atoms with Crippen LogP contribution in [-0.4, -0.2) is 21.7 Å². The zero-order valence-electron chi connectivity index (χ0n) is 10.3. The van der Waals surface area contributed by atoms with E-state index in [-0.39, 0.29) is 0 Å². The molecule has 13 heavy (non-hydrogen) atoms. The first kappa shape index (κ1) is 13.2. The van der Waals surface area contributed by atoms with Gasteiger partial charge >= 0.3 is 0 Å². The summed E-state index contributed by atoms with van der Waals surface area (Å²) in [4.78, 5) is 0. The molecule has 0 aliphatic carbocycles. The average molecular weight is 201 g/mol. The molecule has 1 N–H and O–H groups in total. The minimum absolute atomic E-state index is 0.569. The van der Waals surface area contributed by atoms with Crippen LogP contribution in [0, 0.1) is 5.41 Å². The molecule has 0 saturated heterocycles. The van der Waals surface area contributed by atoms with E-state index in [0.29, 0.717) is 5.41 Å². The second-order valence-electron chi connectivity index (χ2n) is 5.47. The standard InChI is InChI=1S/C11H27NSi/c1-7-11(8-2,9-12-3)10-13(4,5)6/h12H,7-10H2,1-6H3. The van der Waals surface area contributed by atoms with Crippen LogP contribution in [0.15, 0.2) is 0 Å². The van der Waals surface area contributed by atoms with E-state index in [0.717, 1.165) is 0 Å². The Morgan fingerprint density at radius 1 is 1.08 bits per heavy atom. The van der Waals surface area contributed by atoms with Gasteiger partial charge in [0.05, 0.1) is 0 Å². The first-order chi connectivity index (χ1) is 5.89. The smallest absolute Gasteiger partial charge is 0.0448 e. The van der Waals surface area contributed by atoms with Crippen LogP contribution in [0.5, 0.6) is 0 Å². The molecule has 0 bridgehead atoms. The second-order valence-corrected chi connectivity index (χ2v) is 10.9. The third-order valence-electron chi connectivity index (χ3n) is 2.96. The van der Waals surface area contributed by atoms with Crippen molar-refractivity contribution in [3.05, 3.63) is 0 Å². The highest BCUT2D eigenvalue weighted by molar-refractivity contribution is 6.76. The lowest BCUT2D eigenvalue weighted by Crippen LogP contribution is -2.38. The van der Waals surface area contributed by atoms with Crippen LogP contribution in [0.4, 0.5) is 0 Å². The van der Waals surface area contributed by atoms with Crippen molar-refractivity contribution in [2.45, 2.75) is 52.4 Å². The van der Waals surface area contributed by atoms with Crippen molar-refractivity contribution in [1.82, 2.24) is 5.32 Å². The van der Waals surface area contributed by atoms with Crippen molar-refractivity contribution < 1.29 is 0 Å². The topological polar surface area (TPSA) is 12.0 Å². The van der Waals surface area contributed by atoms with Crippen LogP contribution in [0.25, 0.3) is 0 Å². The Bertz CT molecular complexity index is 134. The number of rotatable bonds is 6. The molecule has 0 heterocycles. The van der Waals surface area contributed by atoms with E-state index in [1.807, 2.05) is 0 Å². The van der Waals surface area contributed by atoms with Crippen LogP contribution in [0.1, 0.15) is 26.7 Å². The fourth-order valence-electron chi connectivity index (χ4n) is 2.31. The van der Waals surface area contributed by atoms with Crippen molar-refractivity contribution in [1.29, 1.82) is 0 Å². The molecule has 2 heteroatoms. The molecular weight excluding hydrogens is 174 g/mol. The van der Waals surface area contributed by atoms with Gasteiger partial charge in [-0.05, 0) is 25.3 Å². The Labute approximate surface area is 85.3 Å². The van der Waals surface area contributed by atoms with Gasteiger partial charge in [0.15, 0.2) is 0 Å². The van der Waals surface area contributed by atoms with Gasteiger partial charge in [-0.2, -0.15) is 0 Å². The maximum absolute atomic E-state index is 3.36. The molecule has 0 aromatic heterocycles. The first-order valence-corrected chi connectivity index (χ1v) is 9.24. The number of hydrogen-bond donors (Lipinski definition) is 1. The highest BCUT2D eigenvalue weighted by Crippen LogP contribution is 2.35. The maximum atomic E-state index is 3.36. The minimum Gasteiger partial charge on any atom is -0.319 e. The van der Waals surface area contributed by atoms with E-state index in [9.17, 15) is 0 Å². The van der Waals surface area contributed by atoms with Gasteiger partial charge in [-0.1, -0.05) is 39.5 Å². The largest absolute Gasteiger partial charge is 0.319 e. The molecule has 0 fully saturated rings.